The van der Waals surface area contributed by atoms with Crippen molar-refractivity contribution in [2.24, 2.45) is 0 Å². The zero-order valence-corrected chi connectivity index (χ0v) is 13.8. The number of fused-ring (bicyclic) bond motifs is 1. The summed E-state index contributed by atoms with van der Waals surface area (Å²) in [7, 11) is 0. The van der Waals surface area contributed by atoms with Gasteiger partial charge in [0, 0.05) is 25.9 Å². The molecule has 7 nitrogen and oxygen atoms in total. The summed E-state index contributed by atoms with van der Waals surface area (Å²) in [6.07, 6.45) is 0.905. The van der Waals surface area contributed by atoms with E-state index in [1.165, 1.54) is 0 Å². The second-order valence-corrected chi connectivity index (χ2v) is 5.89. The van der Waals surface area contributed by atoms with E-state index in [1.54, 1.807) is 18.2 Å². The number of nitrogens with one attached hydrogen (secondary N) is 2. The summed E-state index contributed by atoms with van der Waals surface area (Å²) in [6, 6.07) is 4.20. The van der Waals surface area contributed by atoms with Crippen LogP contribution in [0.5, 0.6) is 0 Å². The van der Waals surface area contributed by atoms with Gasteiger partial charge in [-0.1, -0.05) is 12.6 Å². The van der Waals surface area contributed by atoms with Gasteiger partial charge in [-0.25, -0.2) is 0 Å². The summed E-state index contributed by atoms with van der Waals surface area (Å²) in [6.45, 7) is 5.10. The second-order valence-electron chi connectivity index (χ2n) is 5.89. The Morgan fingerprint density at radius 1 is 1.40 bits per heavy atom. The number of imide groups is 1. The maximum Gasteiger partial charge on any atom is 0.264 e. The van der Waals surface area contributed by atoms with Gasteiger partial charge in [0.25, 0.3) is 11.8 Å². The summed E-state index contributed by atoms with van der Waals surface area (Å²) >= 11 is 0. The molecule has 1 aromatic carbocycles. The van der Waals surface area contributed by atoms with Crippen molar-refractivity contribution in [3.8, 4) is 0 Å². The van der Waals surface area contributed by atoms with Gasteiger partial charge in [0.1, 0.15) is 6.04 Å². The molecule has 0 bridgehead atoms. The number of hydrogen-bond acceptors (Lipinski definition) is 5. The van der Waals surface area contributed by atoms with Crippen LogP contribution >= 0.6 is 0 Å². The van der Waals surface area contributed by atoms with Crippen LogP contribution in [0.3, 0.4) is 0 Å². The van der Waals surface area contributed by atoms with Crippen LogP contribution in [-0.4, -0.2) is 48.4 Å². The first-order chi connectivity index (χ1) is 12.5. The average Bonchev–Trinajstić information content (AvgIpc) is 2.87. The van der Waals surface area contributed by atoms with E-state index in [2.05, 4.69) is 17.2 Å². The Bertz CT molecular complexity index is 765. The lowest BCUT2D eigenvalue weighted by Gasteiger charge is -2.29. The lowest BCUT2D eigenvalue weighted by atomic mass is 10.0. The Balaban J connectivity index is 1.78. The molecule has 1 fully saturated rings. The molecule has 3 rings (SSSR count). The van der Waals surface area contributed by atoms with Gasteiger partial charge in [-0.2, -0.15) is 0 Å². The zero-order chi connectivity index (χ0) is 18.7. The molecular formula is C18H21N3O4. The SMILES string of the molecule is [3H]CCOCCNc1cccc2c1C(=O)N(C1CCC(=C)NC1=O)C2=O. The smallest absolute Gasteiger partial charge is 0.264 e. The minimum absolute atomic E-state index is 0.193. The highest BCUT2D eigenvalue weighted by Gasteiger charge is 2.44. The fourth-order valence-corrected chi connectivity index (χ4v) is 3.10. The molecule has 2 heterocycles. The number of ether oxygens (including phenoxy) is 1. The molecule has 25 heavy (non-hydrogen) atoms. The number of anilines is 1. The predicted molar refractivity (Wildman–Crippen MR) is 92.2 cm³/mol. The molecule has 7 heteroatoms. The zero-order valence-electron chi connectivity index (χ0n) is 14.8. The third-order valence-corrected chi connectivity index (χ3v) is 4.29. The van der Waals surface area contributed by atoms with Gasteiger partial charge in [0.2, 0.25) is 5.91 Å². The van der Waals surface area contributed by atoms with E-state index in [4.69, 9.17) is 6.11 Å². The molecule has 0 spiro atoms. The highest BCUT2D eigenvalue weighted by molar-refractivity contribution is 6.25. The molecule has 2 aliphatic rings. The molecule has 1 unspecified atom stereocenters. The molecule has 0 saturated carbocycles. The minimum atomic E-state index is -0.818. The number of allylic oxidation sites excluding steroid dienone is 1. The molecule has 0 aromatic heterocycles. The quantitative estimate of drug-likeness (QED) is 0.603. The monoisotopic (exact) mass is 345 g/mol. The van der Waals surface area contributed by atoms with Gasteiger partial charge in [0.05, 0.1) is 17.7 Å². The first-order valence-electron chi connectivity index (χ1n) is 8.85. The molecule has 2 N–H and O–H groups in total. The van der Waals surface area contributed by atoms with E-state index in [-0.39, 0.29) is 18.4 Å². The van der Waals surface area contributed by atoms with E-state index in [1.807, 2.05) is 0 Å². The van der Waals surface area contributed by atoms with Gasteiger partial charge in [-0.05, 0) is 31.9 Å². The van der Waals surface area contributed by atoms with E-state index < -0.39 is 17.9 Å². The molecule has 0 aliphatic carbocycles. The van der Waals surface area contributed by atoms with E-state index >= 15 is 0 Å². The fraction of sp³-hybridized carbons (Fsp3) is 0.389. The molecule has 3 amide bonds. The van der Waals surface area contributed by atoms with Crippen LogP contribution in [0, 0.1) is 0 Å². The Morgan fingerprint density at radius 2 is 2.24 bits per heavy atom. The van der Waals surface area contributed by atoms with Gasteiger partial charge in [-0.3, -0.25) is 19.3 Å². The average molecular weight is 345 g/mol. The van der Waals surface area contributed by atoms with Crippen molar-refractivity contribution in [3.63, 3.8) is 0 Å². The first kappa shape index (κ1) is 15.8. The van der Waals surface area contributed by atoms with Crippen LogP contribution in [-0.2, 0) is 9.53 Å². The first-order valence-corrected chi connectivity index (χ1v) is 8.15. The van der Waals surface area contributed by atoms with Crippen molar-refractivity contribution in [2.45, 2.75) is 25.8 Å². The number of carbonyl (C=O) groups excluding carboxylic acids is 3. The van der Waals surface area contributed by atoms with E-state index in [0.29, 0.717) is 49.5 Å². The largest absolute Gasteiger partial charge is 0.382 e. The van der Waals surface area contributed by atoms with E-state index in [9.17, 15) is 14.4 Å². The number of hydrogen-bond donors (Lipinski definition) is 2. The summed E-state index contributed by atoms with van der Waals surface area (Å²) in [5, 5.41) is 5.71. The summed E-state index contributed by atoms with van der Waals surface area (Å²) in [5.74, 6) is -1.30. The van der Waals surface area contributed by atoms with Crippen molar-refractivity contribution in [2.75, 3.05) is 25.1 Å². The third kappa shape index (κ3) is 3.15. The molecule has 1 aromatic rings. The highest BCUT2D eigenvalue weighted by Crippen LogP contribution is 2.32. The molecule has 0 radical (unpaired) electrons. The number of benzene rings is 1. The normalized spacial score (nSPS) is 20.4. The van der Waals surface area contributed by atoms with Gasteiger partial charge in [0.15, 0.2) is 0 Å². The van der Waals surface area contributed by atoms with Gasteiger partial charge >= 0.3 is 0 Å². The van der Waals surface area contributed by atoms with Crippen molar-refractivity contribution < 1.29 is 20.5 Å². The van der Waals surface area contributed by atoms with Crippen molar-refractivity contribution >= 4 is 23.4 Å². The summed E-state index contributed by atoms with van der Waals surface area (Å²) in [4.78, 5) is 38.9. The summed E-state index contributed by atoms with van der Waals surface area (Å²) in [5.41, 5.74) is 1.72. The lowest BCUT2D eigenvalue weighted by Crippen LogP contribution is -2.51. The van der Waals surface area contributed by atoms with Crippen LogP contribution < -0.4 is 10.6 Å². The molecule has 1 saturated heterocycles. The second kappa shape index (κ2) is 7.06. The van der Waals surface area contributed by atoms with Crippen LogP contribution in [0.25, 0.3) is 0 Å². The van der Waals surface area contributed by atoms with Crippen LogP contribution in [0.15, 0.2) is 30.5 Å². The minimum Gasteiger partial charge on any atom is -0.382 e. The topological polar surface area (TPSA) is 87.7 Å². The van der Waals surface area contributed by atoms with Crippen molar-refractivity contribution in [3.05, 3.63) is 41.6 Å². The Labute approximate surface area is 147 Å². The number of carbonyl (C=O) groups is 3. The Hall–Kier alpha value is -2.67. The number of nitrogens with zero attached hydrogens (tertiary/aromatic N) is 1. The highest BCUT2D eigenvalue weighted by atomic mass is 16.5. The van der Waals surface area contributed by atoms with Gasteiger partial charge in [-0.15, -0.1) is 0 Å². The van der Waals surface area contributed by atoms with Crippen LogP contribution in [0.1, 0.15) is 41.8 Å². The van der Waals surface area contributed by atoms with Crippen LogP contribution in [0.2, 0.25) is 0 Å². The third-order valence-electron chi connectivity index (χ3n) is 4.29. The molecule has 132 valence electrons. The maximum atomic E-state index is 12.9. The standard InChI is InChI=1S/C18H21N3O4/c1-3-25-10-9-19-13-6-4-5-12-15(13)18(24)21(17(12)23)14-8-7-11(2)20-16(14)22/h4-6,14,19H,2-3,7-10H2,1H3,(H,20,22)/i1T. The molecule has 2 aliphatic heterocycles. The molecule has 1 atom stereocenters. The van der Waals surface area contributed by atoms with Gasteiger partial charge < -0.3 is 15.4 Å². The number of amides is 3. The number of piperidine rings is 1. The number of rotatable bonds is 6. The predicted octanol–water partition coefficient (Wildman–Crippen LogP) is 1.52. The van der Waals surface area contributed by atoms with E-state index in [0.717, 1.165) is 4.90 Å². The Morgan fingerprint density at radius 3 is 3.00 bits per heavy atom. The maximum absolute atomic E-state index is 12.9. The lowest BCUT2D eigenvalue weighted by molar-refractivity contribution is -0.125. The summed E-state index contributed by atoms with van der Waals surface area (Å²) < 4.78 is 12.3. The molecular weight excluding hydrogens is 322 g/mol. The van der Waals surface area contributed by atoms with Crippen molar-refractivity contribution in [1.82, 2.24) is 10.2 Å². The Kier molecular flexibility index (Phi) is 4.47. The van der Waals surface area contributed by atoms with Crippen molar-refractivity contribution in [1.29, 1.82) is 0 Å². The fourth-order valence-electron chi connectivity index (χ4n) is 3.10. The van der Waals surface area contributed by atoms with Crippen LogP contribution in [0.4, 0.5) is 5.69 Å².